The van der Waals surface area contributed by atoms with Gasteiger partial charge in [0.2, 0.25) is 0 Å². The second-order valence-electron chi connectivity index (χ2n) is 4.99. The van der Waals surface area contributed by atoms with Gasteiger partial charge < -0.3 is 0 Å². The van der Waals surface area contributed by atoms with Gasteiger partial charge in [-0.2, -0.15) is 0 Å². The fourth-order valence-corrected chi connectivity index (χ4v) is 4.07. The lowest BCUT2D eigenvalue weighted by molar-refractivity contribution is -0.130. The predicted molar refractivity (Wildman–Crippen MR) is 39.8 cm³/mol. The Morgan fingerprint density at radius 3 is 2.09 bits per heavy atom. The highest BCUT2D eigenvalue weighted by molar-refractivity contribution is 5.85. The molecular weight excluding hydrogens is 136 g/mol. The minimum Gasteiger partial charge on any atom is -0.299 e. The molecule has 0 N–H and O–H groups in total. The topological polar surface area (TPSA) is 17.1 Å². The summed E-state index contributed by atoms with van der Waals surface area (Å²) in [5.74, 6) is 5.85. The molecule has 0 aromatic rings. The van der Waals surface area contributed by atoms with E-state index in [1.54, 1.807) is 0 Å². The first-order chi connectivity index (χ1) is 5.36. The summed E-state index contributed by atoms with van der Waals surface area (Å²) in [7, 11) is 0. The van der Waals surface area contributed by atoms with Crippen molar-refractivity contribution in [3.8, 4) is 0 Å². The van der Waals surface area contributed by atoms with E-state index in [1.807, 2.05) is 0 Å². The second kappa shape index (κ2) is 1.30. The van der Waals surface area contributed by atoms with Crippen LogP contribution in [0.4, 0.5) is 0 Å². The van der Waals surface area contributed by atoms with Crippen molar-refractivity contribution in [2.45, 2.75) is 19.3 Å². The molecule has 0 heterocycles. The Morgan fingerprint density at radius 1 is 0.909 bits per heavy atom. The minimum absolute atomic E-state index is 0.565. The third kappa shape index (κ3) is 0.447. The monoisotopic (exact) mass is 148 g/mol. The van der Waals surface area contributed by atoms with Crippen molar-refractivity contribution in [1.29, 1.82) is 0 Å². The van der Waals surface area contributed by atoms with Gasteiger partial charge in [0.05, 0.1) is 0 Å². The van der Waals surface area contributed by atoms with E-state index in [1.165, 1.54) is 12.8 Å². The summed E-state index contributed by atoms with van der Waals surface area (Å²) in [6, 6.07) is 0. The maximum Gasteiger partial charge on any atom is 0.136 e. The normalized spacial score (nSPS) is 68.9. The van der Waals surface area contributed by atoms with Crippen molar-refractivity contribution >= 4 is 5.78 Å². The molecule has 1 nitrogen and oxygen atoms in total. The van der Waals surface area contributed by atoms with Gasteiger partial charge in [-0.3, -0.25) is 4.79 Å². The van der Waals surface area contributed by atoms with Gasteiger partial charge in [0, 0.05) is 12.3 Å². The van der Waals surface area contributed by atoms with Crippen LogP contribution in [0, 0.1) is 35.5 Å². The molecule has 2 bridgehead atoms. The van der Waals surface area contributed by atoms with Gasteiger partial charge >= 0.3 is 0 Å². The quantitative estimate of drug-likeness (QED) is 0.508. The molecule has 11 heavy (non-hydrogen) atoms. The molecule has 5 saturated carbocycles. The zero-order valence-electron chi connectivity index (χ0n) is 6.49. The fourth-order valence-electron chi connectivity index (χ4n) is 4.07. The molecule has 0 amide bonds. The molecule has 0 spiro atoms. The van der Waals surface area contributed by atoms with Crippen molar-refractivity contribution in [3.63, 3.8) is 0 Å². The maximum atomic E-state index is 11.5. The predicted octanol–water partition coefficient (Wildman–Crippen LogP) is 1.48. The Bertz CT molecular complexity index is 240. The van der Waals surface area contributed by atoms with Crippen LogP contribution in [0.25, 0.3) is 0 Å². The SMILES string of the molecule is O=C1CC2C3CC3C1C1CC21. The van der Waals surface area contributed by atoms with E-state index in [9.17, 15) is 4.79 Å². The minimum atomic E-state index is 0.565. The summed E-state index contributed by atoms with van der Waals surface area (Å²) in [5, 5.41) is 0. The molecule has 0 saturated heterocycles. The maximum absolute atomic E-state index is 11.5. The number of hydrogen-bond acceptors (Lipinski definition) is 1. The van der Waals surface area contributed by atoms with Crippen molar-refractivity contribution < 1.29 is 4.79 Å². The molecular formula is C10H12O. The van der Waals surface area contributed by atoms with Crippen molar-refractivity contribution in [2.24, 2.45) is 35.5 Å². The van der Waals surface area contributed by atoms with E-state index in [-0.39, 0.29) is 0 Å². The smallest absolute Gasteiger partial charge is 0.136 e. The molecule has 0 radical (unpaired) electrons. The van der Waals surface area contributed by atoms with Gasteiger partial charge in [0.1, 0.15) is 5.78 Å². The summed E-state index contributed by atoms with van der Waals surface area (Å²) in [6.07, 6.45) is 3.79. The summed E-state index contributed by atoms with van der Waals surface area (Å²) >= 11 is 0. The zero-order chi connectivity index (χ0) is 7.16. The number of rotatable bonds is 0. The molecule has 5 rings (SSSR count). The van der Waals surface area contributed by atoms with E-state index in [2.05, 4.69) is 0 Å². The van der Waals surface area contributed by atoms with Crippen LogP contribution in [0.3, 0.4) is 0 Å². The summed E-state index contributed by atoms with van der Waals surface area (Å²) in [5.41, 5.74) is 0. The molecule has 5 fully saturated rings. The second-order valence-corrected chi connectivity index (χ2v) is 4.99. The van der Waals surface area contributed by atoms with Crippen LogP contribution in [-0.4, -0.2) is 5.78 Å². The van der Waals surface area contributed by atoms with E-state index >= 15 is 0 Å². The lowest BCUT2D eigenvalue weighted by atomic mass is 9.70. The van der Waals surface area contributed by atoms with E-state index in [4.69, 9.17) is 0 Å². The summed E-state index contributed by atoms with van der Waals surface area (Å²) < 4.78 is 0. The number of hydrogen-bond donors (Lipinski definition) is 0. The third-order valence-electron chi connectivity index (χ3n) is 4.61. The van der Waals surface area contributed by atoms with Crippen molar-refractivity contribution in [1.82, 2.24) is 0 Å². The average Bonchev–Trinajstić information content (AvgIpc) is 2.79. The fraction of sp³-hybridized carbons (Fsp3) is 0.900. The molecule has 4 atom stereocenters. The van der Waals surface area contributed by atoms with Crippen molar-refractivity contribution in [2.75, 3.05) is 0 Å². The molecule has 0 aromatic carbocycles. The molecule has 0 aromatic heterocycles. The molecule has 1 heteroatoms. The third-order valence-corrected chi connectivity index (χ3v) is 4.61. The first kappa shape index (κ1) is 5.34. The van der Waals surface area contributed by atoms with Crippen LogP contribution in [0.15, 0.2) is 0 Å². The standard InChI is InChI=1S/C10H12O/c11-9-3-6-4-1-7(4)10(9)8-2-5(6)8/h4-8,10H,1-3H2. The average molecular weight is 148 g/mol. The molecule has 5 aliphatic carbocycles. The molecule has 58 valence electrons. The highest BCUT2D eigenvalue weighted by atomic mass is 16.1. The number of fused-ring (bicyclic) bond motifs is 1. The Hall–Kier alpha value is -0.330. The Labute approximate surface area is 66.2 Å². The highest BCUT2D eigenvalue weighted by Crippen LogP contribution is 2.72. The Morgan fingerprint density at radius 2 is 1.55 bits per heavy atom. The molecule has 0 aliphatic heterocycles. The van der Waals surface area contributed by atoms with Crippen LogP contribution in [0.2, 0.25) is 0 Å². The van der Waals surface area contributed by atoms with Gasteiger partial charge in [0.15, 0.2) is 0 Å². The van der Waals surface area contributed by atoms with E-state index in [0.29, 0.717) is 11.7 Å². The van der Waals surface area contributed by atoms with Gasteiger partial charge in [0.25, 0.3) is 0 Å². The largest absolute Gasteiger partial charge is 0.299 e. The Kier molecular flexibility index (Phi) is 0.630. The van der Waals surface area contributed by atoms with Gasteiger partial charge in [-0.1, -0.05) is 0 Å². The Balaban J connectivity index is 1.87. The van der Waals surface area contributed by atoms with E-state index in [0.717, 1.165) is 36.0 Å². The van der Waals surface area contributed by atoms with Crippen molar-refractivity contribution in [3.05, 3.63) is 0 Å². The summed E-state index contributed by atoms with van der Waals surface area (Å²) in [4.78, 5) is 11.5. The van der Waals surface area contributed by atoms with E-state index < -0.39 is 0 Å². The lowest BCUT2D eigenvalue weighted by Gasteiger charge is -2.33. The number of carbonyl (C=O) groups is 1. The molecule has 4 unspecified atom stereocenters. The highest BCUT2D eigenvalue weighted by Gasteiger charge is 2.69. The number of carbonyl (C=O) groups excluding carboxylic acids is 1. The summed E-state index contributed by atoms with van der Waals surface area (Å²) in [6.45, 7) is 0. The van der Waals surface area contributed by atoms with Crippen LogP contribution in [0.1, 0.15) is 19.3 Å². The number of Topliss-reactive ketones (excluding diaryl/α,β-unsaturated/α-hetero) is 1. The lowest BCUT2D eigenvalue weighted by Crippen LogP contribution is -2.35. The van der Waals surface area contributed by atoms with Gasteiger partial charge in [-0.25, -0.2) is 0 Å². The van der Waals surface area contributed by atoms with Crippen LogP contribution in [0.5, 0.6) is 0 Å². The zero-order valence-corrected chi connectivity index (χ0v) is 6.49. The first-order valence-electron chi connectivity index (χ1n) is 4.89. The molecule has 5 aliphatic rings. The first-order valence-corrected chi connectivity index (χ1v) is 4.89. The van der Waals surface area contributed by atoms with Gasteiger partial charge in [-0.05, 0) is 42.4 Å². The van der Waals surface area contributed by atoms with Crippen LogP contribution in [-0.2, 0) is 4.79 Å². The van der Waals surface area contributed by atoms with Gasteiger partial charge in [-0.15, -0.1) is 0 Å². The van der Waals surface area contributed by atoms with Crippen LogP contribution >= 0.6 is 0 Å². The number of ketones is 1. The van der Waals surface area contributed by atoms with Crippen LogP contribution < -0.4 is 0 Å².